The largest absolute Gasteiger partial charge is 0.491 e. The van der Waals surface area contributed by atoms with Crippen LogP contribution >= 0.6 is 0 Å². The lowest BCUT2D eigenvalue weighted by atomic mass is 9.97. The molecule has 0 unspecified atom stereocenters. The van der Waals surface area contributed by atoms with Crippen molar-refractivity contribution in [3.8, 4) is 11.5 Å². The van der Waals surface area contributed by atoms with Crippen molar-refractivity contribution in [1.82, 2.24) is 0 Å². The molecule has 0 aliphatic rings. The average Bonchev–Trinajstić information content (AvgIpc) is 2.37. The number of rotatable bonds is 6. The Kier molecular flexibility index (Phi) is 5.70. The molecule has 5 heteroatoms. The van der Waals surface area contributed by atoms with Crippen molar-refractivity contribution in [2.24, 2.45) is 5.41 Å². The summed E-state index contributed by atoms with van der Waals surface area (Å²) in [5.74, 6) is 0.383. The highest BCUT2D eigenvalue weighted by Crippen LogP contribution is 2.25. The Bertz CT molecular complexity index is 474. The van der Waals surface area contributed by atoms with Gasteiger partial charge in [-0.05, 0) is 32.9 Å². The van der Waals surface area contributed by atoms with Crippen LogP contribution in [0.2, 0.25) is 0 Å². The predicted molar refractivity (Wildman–Crippen MR) is 74.3 cm³/mol. The van der Waals surface area contributed by atoms with Gasteiger partial charge in [-0.1, -0.05) is 0 Å². The van der Waals surface area contributed by atoms with E-state index in [4.69, 9.17) is 14.2 Å². The van der Waals surface area contributed by atoms with Gasteiger partial charge in [0.2, 0.25) is 0 Å². The van der Waals surface area contributed by atoms with Gasteiger partial charge in [0.15, 0.2) is 0 Å². The third-order valence-electron chi connectivity index (χ3n) is 2.42. The van der Waals surface area contributed by atoms with Crippen molar-refractivity contribution in [1.29, 1.82) is 0 Å². The second-order valence-electron chi connectivity index (χ2n) is 5.34. The molecule has 5 nitrogen and oxygen atoms in total. The number of aldehydes is 1. The maximum Gasteiger partial charge on any atom is 0.316 e. The first-order valence-electron chi connectivity index (χ1n) is 6.31. The number of carbonyl (C=O) groups is 2. The lowest BCUT2D eigenvalue weighted by Crippen LogP contribution is -2.25. The fourth-order valence-electron chi connectivity index (χ4n) is 1.31. The lowest BCUT2D eigenvalue weighted by molar-refractivity contribution is -0.143. The van der Waals surface area contributed by atoms with Crippen LogP contribution in [0.5, 0.6) is 11.5 Å². The fraction of sp³-hybridized carbons (Fsp3) is 0.467. The molecule has 1 aromatic carbocycles. The zero-order valence-corrected chi connectivity index (χ0v) is 12.3. The van der Waals surface area contributed by atoms with Gasteiger partial charge in [0.05, 0.1) is 12.0 Å². The summed E-state index contributed by atoms with van der Waals surface area (Å²) >= 11 is 0. The minimum Gasteiger partial charge on any atom is -0.491 e. The summed E-state index contributed by atoms with van der Waals surface area (Å²) in [5, 5.41) is 0. The van der Waals surface area contributed by atoms with E-state index in [1.807, 2.05) is 0 Å². The van der Waals surface area contributed by atoms with Gasteiger partial charge in [0.1, 0.15) is 24.4 Å². The predicted octanol–water partition coefficient (Wildman–Crippen LogP) is 2.48. The summed E-state index contributed by atoms with van der Waals surface area (Å²) in [6, 6.07) is 4.66. The zero-order valence-electron chi connectivity index (χ0n) is 12.3. The van der Waals surface area contributed by atoms with Crippen LogP contribution in [0.4, 0.5) is 0 Å². The molecule has 0 saturated carbocycles. The highest BCUT2D eigenvalue weighted by atomic mass is 16.5. The van der Waals surface area contributed by atoms with E-state index in [1.165, 1.54) is 6.07 Å². The first-order valence-corrected chi connectivity index (χ1v) is 6.31. The third kappa shape index (κ3) is 5.01. The van der Waals surface area contributed by atoms with Gasteiger partial charge < -0.3 is 14.2 Å². The molecule has 0 bridgehead atoms. The molecule has 0 N–H and O–H groups in total. The molecule has 0 fully saturated rings. The number of benzene rings is 1. The topological polar surface area (TPSA) is 61.8 Å². The second kappa shape index (κ2) is 7.05. The van der Waals surface area contributed by atoms with E-state index in [0.717, 1.165) is 0 Å². The van der Waals surface area contributed by atoms with E-state index in [2.05, 4.69) is 0 Å². The van der Waals surface area contributed by atoms with E-state index in [9.17, 15) is 9.59 Å². The molecular formula is C15H20O5. The number of hydrogen-bond donors (Lipinski definition) is 0. The van der Waals surface area contributed by atoms with Crippen LogP contribution in [0.25, 0.3) is 0 Å². The van der Waals surface area contributed by atoms with Crippen molar-refractivity contribution >= 4 is 12.3 Å². The van der Waals surface area contributed by atoms with Crippen LogP contribution in [-0.4, -0.2) is 32.6 Å². The first kappa shape index (κ1) is 16.2. The van der Waals surface area contributed by atoms with Crippen molar-refractivity contribution in [2.45, 2.75) is 20.8 Å². The SMILES string of the molecule is COCCOc1cc(C=O)cc(OC(=O)C(C)(C)C)c1. The molecule has 0 aliphatic carbocycles. The molecule has 0 spiro atoms. The Morgan fingerprint density at radius 1 is 1.15 bits per heavy atom. The minimum atomic E-state index is -0.617. The van der Waals surface area contributed by atoms with Gasteiger partial charge in [0.25, 0.3) is 0 Å². The summed E-state index contributed by atoms with van der Waals surface area (Å²) in [5.41, 5.74) is -0.231. The van der Waals surface area contributed by atoms with Crippen LogP contribution < -0.4 is 9.47 Å². The Morgan fingerprint density at radius 3 is 2.35 bits per heavy atom. The summed E-state index contributed by atoms with van der Waals surface area (Å²) in [7, 11) is 1.57. The minimum absolute atomic E-state index is 0.293. The molecule has 20 heavy (non-hydrogen) atoms. The molecule has 0 atom stereocenters. The molecule has 0 aromatic heterocycles. The van der Waals surface area contributed by atoms with Gasteiger partial charge >= 0.3 is 5.97 Å². The van der Waals surface area contributed by atoms with Crippen LogP contribution in [0.1, 0.15) is 31.1 Å². The van der Waals surface area contributed by atoms with Gasteiger partial charge in [-0.25, -0.2) is 0 Å². The van der Waals surface area contributed by atoms with Crippen LogP contribution in [0.3, 0.4) is 0 Å². The Balaban J connectivity index is 2.87. The highest BCUT2D eigenvalue weighted by molar-refractivity contribution is 5.80. The molecule has 1 aromatic rings. The van der Waals surface area contributed by atoms with E-state index < -0.39 is 5.41 Å². The Labute approximate surface area is 118 Å². The van der Waals surface area contributed by atoms with Gasteiger partial charge in [-0.3, -0.25) is 9.59 Å². The molecule has 0 radical (unpaired) electrons. The molecule has 1 rings (SSSR count). The summed E-state index contributed by atoms with van der Waals surface area (Å²) in [4.78, 5) is 22.7. The monoisotopic (exact) mass is 280 g/mol. The Hall–Kier alpha value is -1.88. The second-order valence-corrected chi connectivity index (χ2v) is 5.34. The molecule has 0 amide bonds. The molecule has 110 valence electrons. The number of esters is 1. The third-order valence-corrected chi connectivity index (χ3v) is 2.42. The average molecular weight is 280 g/mol. The van der Waals surface area contributed by atoms with Crippen molar-refractivity contribution in [2.75, 3.05) is 20.3 Å². The summed E-state index contributed by atoms with van der Waals surface area (Å²) in [6.07, 6.45) is 0.678. The van der Waals surface area contributed by atoms with E-state index in [-0.39, 0.29) is 5.97 Å². The first-order chi connectivity index (χ1) is 9.36. The normalized spacial score (nSPS) is 11.0. The summed E-state index contributed by atoms with van der Waals surface area (Å²) < 4.78 is 15.6. The zero-order chi connectivity index (χ0) is 15.2. The number of ether oxygens (including phenoxy) is 3. The molecule has 0 aliphatic heterocycles. The van der Waals surface area contributed by atoms with Crippen molar-refractivity contribution in [3.63, 3.8) is 0 Å². The van der Waals surface area contributed by atoms with Gasteiger partial charge in [-0.2, -0.15) is 0 Å². The van der Waals surface area contributed by atoms with E-state index in [0.29, 0.717) is 36.6 Å². The smallest absolute Gasteiger partial charge is 0.316 e. The van der Waals surface area contributed by atoms with E-state index in [1.54, 1.807) is 40.0 Å². The van der Waals surface area contributed by atoms with E-state index >= 15 is 0 Å². The molecular weight excluding hydrogens is 260 g/mol. The maximum absolute atomic E-state index is 11.8. The Morgan fingerprint density at radius 2 is 1.80 bits per heavy atom. The molecule has 0 saturated heterocycles. The standard InChI is InChI=1S/C15H20O5/c1-15(2,3)14(17)20-13-8-11(10-16)7-12(9-13)19-6-5-18-4/h7-10H,5-6H2,1-4H3. The van der Waals surface area contributed by atoms with Crippen LogP contribution in [0, 0.1) is 5.41 Å². The number of methoxy groups -OCH3 is 1. The lowest BCUT2D eigenvalue weighted by Gasteiger charge is -2.17. The maximum atomic E-state index is 11.8. The van der Waals surface area contributed by atoms with Gasteiger partial charge in [0, 0.05) is 18.7 Å². The fourth-order valence-corrected chi connectivity index (χ4v) is 1.31. The van der Waals surface area contributed by atoms with Crippen molar-refractivity contribution < 1.29 is 23.8 Å². The number of carbonyl (C=O) groups excluding carboxylic acids is 2. The van der Waals surface area contributed by atoms with Crippen LogP contribution in [0.15, 0.2) is 18.2 Å². The number of hydrogen-bond acceptors (Lipinski definition) is 5. The van der Waals surface area contributed by atoms with Crippen LogP contribution in [-0.2, 0) is 9.53 Å². The van der Waals surface area contributed by atoms with Gasteiger partial charge in [-0.15, -0.1) is 0 Å². The molecule has 0 heterocycles. The summed E-state index contributed by atoms with van der Waals surface area (Å²) in [6.45, 7) is 6.06. The highest BCUT2D eigenvalue weighted by Gasteiger charge is 2.24. The quantitative estimate of drug-likeness (QED) is 0.347. The van der Waals surface area contributed by atoms with Crippen molar-refractivity contribution in [3.05, 3.63) is 23.8 Å².